The average molecular weight is 584 g/mol. The third-order valence-corrected chi connectivity index (χ3v) is 7.99. The number of aryl methyl sites for hydroxylation is 1. The molecule has 0 saturated carbocycles. The second-order valence-corrected chi connectivity index (χ2v) is 10.5. The molecule has 0 spiro atoms. The van der Waals surface area contributed by atoms with Gasteiger partial charge in [-0.3, -0.25) is 0 Å². The number of hydrogen-bond acceptors (Lipinski definition) is 7. The summed E-state index contributed by atoms with van der Waals surface area (Å²) in [5, 5.41) is 11.1. The van der Waals surface area contributed by atoms with Crippen molar-refractivity contribution in [3.8, 4) is 11.3 Å². The van der Waals surface area contributed by atoms with Gasteiger partial charge in [0.1, 0.15) is 12.1 Å². The number of carbonyl (C=O) groups is 1. The van der Waals surface area contributed by atoms with Gasteiger partial charge in [0, 0.05) is 42.5 Å². The summed E-state index contributed by atoms with van der Waals surface area (Å²) in [6.45, 7) is 15.2. The van der Waals surface area contributed by atoms with Crippen LogP contribution in [0, 0.1) is 12.7 Å². The van der Waals surface area contributed by atoms with Crippen molar-refractivity contribution in [1.29, 1.82) is 0 Å². The van der Waals surface area contributed by atoms with Crippen molar-refractivity contribution in [2.24, 2.45) is 0 Å². The van der Waals surface area contributed by atoms with Crippen molar-refractivity contribution in [3.05, 3.63) is 99.6 Å². The second kappa shape index (κ2) is 19.0. The van der Waals surface area contributed by atoms with E-state index in [4.69, 9.17) is 10.1 Å². The highest BCUT2D eigenvalue weighted by atomic mass is 32.2. The van der Waals surface area contributed by atoms with Crippen molar-refractivity contribution in [2.75, 3.05) is 30.3 Å². The highest BCUT2D eigenvalue weighted by Gasteiger charge is 2.22. The fourth-order valence-corrected chi connectivity index (χ4v) is 5.68. The summed E-state index contributed by atoms with van der Waals surface area (Å²) in [4.78, 5) is 17.2. The van der Waals surface area contributed by atoms with Gasteiger partial charge in [0.2, 0.25) is 0 Å². The van der Waals surface area contributed by atoms with Crippen molar-refractivity contribution >= 4 is 40.4 Å². The molecular weight excluding hydrogens is 542 g/mol. The molecule has 1 aromatic heterocycles. The smallest absolute Gasteiger partial charge is 0.183 e. The minimum absolute atomic E-state index is 0.289. The van der Waals surface area contributed by atoms with E-state index in [-0.39, 0.29) is 12.2 Å². The number of aldehydes is 1. The molecule has 1 aliphatic rings. The number of hydrogen-bond donors (Lipinski definition) is 2. The zero-order chi connectivity index (χ0) is 30.1. The van der Waals surface area contributed by atoms with E-state index in [1.165, 1.54) is 44.3 Å². The standard InChI is InChI=1S/C21H25N3S2.C8H7FO.C2H6.CH4O/c1-6-8-14(3)19(7-2)26-24-12-11-16-13-17(9-10-18(16)24)20-15(4)25-21(22-5)23-20;9-8-3-1-2-7(6-8)4-5-10;2*1-2/h6-10,13H,1,11-12H2,2-5H3,(H,22,23);1-3,5-6H,4H2;1-2H3;2H,1H3/b14-8-,19-7+;;;. The molecule has 3 aromatic rings. The fourth-order valence-electron chi connectivity index (χ4n) is 3.87. The van der Waals surface area contributed by atoms with Crippen LogP contribution in [0.2, 0.25) is 0 Å². The topological polar surface area (TPSA) is 65.5 Å². The lowest BCUT2D eigenvalue weighted by Crippen LogP contribution is -2.10. The molecule has 40 heavy (non-hydrogen) atoms. The summed E-state index contributed by atoms with van der Waals surface area (Å²) in [7, 11) is 2.92. The minimum atomic E-state index is -0.292. The van der Waals surface area contributed by atoms with Crippen LogP contribution in [0.15, 0.2) is 77.7 Å². The Morgan fingerprint density at radius 3 is 2.55 bits per heavy atom. The Balaban J connectivity index is 0.000000477. The van der Waals surface area contributed by atoms with Crippen molar-refractivity contribution in [3.63, 3.8) is 0 Å². The van der Waals surface area contributed by atoms with Gasteiger partial charge in [-0.2, -0.15) is 0 Å². The van der Waals surface area contributed by atoms with Gasteiger partial charge in [-0.25, -0.2) is 9.37 Å². The minimum Gasteiger partial charge on any atom is -0.400 e. The molecule has 5 nitrogen and oxygen atoms in total. The van der Waals surface area contributed by atoms with Gasteiger partial charge in [-0.1, -0.05) is 56.9 Å². The van der Waals surface area contributed by atoms with Crippen molar-refractivity contribution < 1.29 is 14.3 Å². The van der Waals surface area contributed by atoms with E-state index in [1.54, 1.807) is 23.5 Å². The van der Waals surface area contributed by atoms with E-state index in [2.05, 4.69) is 67.3 Å². The monoisotopic (exact) mass is 583 g/mol. The van der Waals surface area contributed by atoms with Crippen LogP contribution in [0.1, 0.15) is 43.7 Å². The molecule has 8 heteroatoms. The molecule has 0 saturated heterocycles. The van der Waals surface area contributed by atoms with Crippen LogP contribution in [0.4, 0.5) is 15.2 Å². The number of benzene rings is 2. The number of nitrogens with zero attached hydrogens (tertiary/aromatic N) is 2. The summed E-state index contributed by atoms with van der Waals surface area (Å²) in [5.74, 6) is -0.292. The number of allylic oxidation sites excluding steroid dienone is 4. The van der Waals surface area contributed by atoms with Crippen LogP contribution < -0.4 is 9.62 Å². The summed E-state index contributed by atoms with van der Waals surface area (Å²) in [6.07, 6.45) is 8.20. The molecule has 0 atom stereocenters. The fraction of sp³-hybridized carbons (Fsp3) is 0.312. The molecule has 0 bridgehead atoms. The lowest BCUT2D eigenvalue weighted by Gasteiger charge is -2.20. The molecule has 2 aromatic carbocycles. The van der Waals surface area contributed by atoms with E-state index < -0.39 is 0 Å². The number of aromatic nitrogens is 1. The molecule has 0 radical (unpaired) electrons. The number of nitrogens with one attached hydrogen (secondary N) is 1. The number of fused-ring (bicyclic) bond motifs is 1. The van der Waals surface area contributed by atoms with E-state index in [0.29, 0.717) is 0 Å². The Morgan fingerprint density at radius 1 is 1.25 bits per heavy atom. The van der Waals surface area contributed by atoms with E-state index in [1.807, 2.05) is 38.9 Å². The first-order valence-electron chi connectivity index (χ1n) is 13.2. The molecular formula is C32H42FN3O2S2. The highest BCUT2D eigenvalue weighted by Crippen LogP contribution is 2.40. The zero-order valence-electron chi connectivity index (χ0n) is 24.6. The van der Waals surface area contributed by atoms with Crippen LogP contribution in [-0.2, 0) is 17.6 Å². The number of halogens is 1. The Morgan fingerprint density at radius 2 is 1.98 bits per heavy atom. The predicted molar refractivity (Wildman–Crippen MR) is 174 cm³/mol. The van der Waals surface area contributed by atoms with Gasteiger partial charge in [0.15, 0.2) is 5.13 Å². The Kier molecular flexibility index (Phi) is 16.5. The maximum absolute atomic E-state index is 12.4. The molecule has 0 unspecified atom stereocenters. The lowest BCUT2D eigenvalue weighted by molar-refractivity contribution is -0.107. The maximum Gasteiger partial charge on any atom is 0.183 e. The first kappa shape index (κ1) is 34.8. The van der Waals surface area contributed by atoms with Crippen molar-refractivity contribution in [2.45, 2.75) is 47.5 Å². The number of aliphatic hydroxyl groups is 1. The van der Waals surface area contributed by atoms with E-state index in [0.717, 1.165) is 42.8 Å². The Hall–Kier alpha value is -3.20. The van der Waals surface area contributed by atoms with Crippen molar-refractivity contribution in [1.82, 2.24) is 4.98 Å². The van der Waals surface area contributed by atoms with Crippen LogP contribution in [-0.4, -0.2) is 37.1 Å². The summed E-state index contributed by atoms with van der Waals surface area (Å²) in [6, 6.07) is 12.8. The van der Waals surface area contributed by atoms with Crippen LogP contribution in [0.5, 0.6) is 0 Å². The third-order valence-electron chi connectivity index (χ3n) is 5.65. The van der Waals surface area contributed by atoms with E-state index >= 15 is 0 Å². The number of carbonyl (C=O) groups excluding carboxylic acids is 1. The quantitative estimate of drug-likeness (QED) is 0.158. The van der Waals surface area contributed by atoms with Gasteiger partial charge >= 0.3 is 0 Å². The first-order valence-corrected chi connectivity index (χ1v) is 14.8. The summed E-state index contributed by atoms with van der Waals surface area (Å²) >= 11 is 3.51. The second-order valence-electron chi connectivity index (χ2n) is 8.20. The lowest BCUT2D eigenvalue weighted by atomic mass is 10.1. The zero-order valence-corrected chi connectivity index (χ0v) is 26.3. The molecule has 0 amide bonds. The number of thiazole rings is 1. The molecule has 1 aliphatic heterocycles. The first-order chi connectivity index (χ1) is 19.4. The maximum atomic E-state index is 12.4. The van der Waals surface area contributed by atoms with Crippen LogP contribution in [0.25, 0.3) is 11.3 Å². The third kappa shape index (κ3) is 10.1. The highest BCUT2D eigenvalue weighted by molar-refractivity contribution is 8.04. The molecule has 0 fully saturated rings. The molecule has 2 N–H and O–H groups in total. The molecule has 216 valence electrons. The van der Waals surface area contributed by atoms with Gasteiger partial charge in [0.05, 0.1) is 11.4 Å². The Labute approximate surface area is 247 Å². The number of rotatable bonds is 8. The Bertz CT molecular complexity index is 1280. The van der Waals surface area contributed by atoms with Crippen LogP contribution >= 0.6 is 23.3 Å². The molecule has 4 rings (SSSR count). The predicted octanol–water partition coefficient (Wildman–Crippen LogP) is 8.41. The van der Waals surface area contributed by atoms with E-state index in [9.17, 15) is 9.18 Å². The van der Waals surface area contributed by atoms with Crippen LogP contribution in [0.3, 0.4) is 0 Å². The summed E-state index contributed by atoms with van der Waals surface area (Å²) in [5.41, 5.74) is 6.97. The van der Waals surface area contributed by atoms with Gasteiger partial charge < -0.3 is 19.5 Å². The van der Waals surface area contributed by atoms with Gasteiger partial charge in [-0.15, -0.1) is 11.3 Å². The number of aliphatic hydroxyl groups excluding tert-OH is 1. The average Bonchev–Trinajstić information content (AvgIpc) is 3.56. The normalized spacial score (nSPS) is 12.1. The van der Waals surface area contributed by atoms with Gasteiger partial charge in [0.25, 0.3) is 0 Å². The largest absolute Gasteiger partial charge is 0.400 e. The molecule has 2 heterocycles. The SMILES string of the molecule is C=C/C=C(C)\C(=C/C)SN1CCc2cc(-c3nc(NC)sc3C)ccc21.CC.CO.O=CCc1cccc(F)c1. The molecule has 0 aliphatic carbocycles. The summed E-state index contributed by atoms with van der Waals surface area (Å²) < 4.78 is 14.8. The number of anilines is 2. The van der Waals surface area contributed by atoms with Gasteiger partial charge in [-0.05, 0) is 80.1 Å².